The Morgan fingerprint density at radius 2 is 1.25 bits per heavy atom. The molecule has 5 aromatic carbocycles. The van der Waals surface area contributed by atoms with Crippen LogP contribution >= 0.6 is 0 Å². The Hall–Kier alpha value is -7.38. The third kappa shape index (κ3) is 5.01. The van der Waals surface area contributed by atoms with Gasteiger partial charge in [0.2, 0.25) is 6.71 Å². The van der Waals surface area contributed by atoms with E-state index in [0.717, 1.165) is 52.3 Å². The maximum Gasteiger partial charge on any atom is 0.242 e. The smallest absolute Gasteiger partial charge is 0.242 e. The zero-order valence-electron chi connectivity index (χ0n) is 32.8. The van der Waals surface area contributed by atoms with Crippen LogP contribution in [0.4, 0.5) is 0 Å². The van der Waals surface area contributed by atoms with E-state index < -0.39 is 0 Å². The molecule has 7 heteroatoms. The van der Waals surface area contributed by atoms with Gasteiger partial charge < -0.3 is 4.57 Å². The maximum atomic E-state index is 5.18. The fourth-order valence-electron chi connectivity index (χ4n) is 10.4. The SMILES string of the molecule is Cc1cc(-c2ncccn2)cc2c1B(c1ccnc3c1Cc1c-3c3cccnc3n1-c1ccccc1)c1cccc(-c3c(C)n(-c4ccccc4)c4ccccc34)c1C2. The Balaban J connectivity index is 1.12. The summed E-state index contributed by atoms with van der Waals surface area (Å²) in [5, 5.41) is 2.39. The number of hydrogen-bond acceptors (Lipinski definition) is 4. The van der Waals surface area contributed by atoms with Gasteiger partial charge in [0.15, 0.2) is 5.82 Å². The minimum absolute atomic E-state index is 0.0162. The summed E-state index contributed by atoms with van der Waals surface area (Å²) in [6.45, 7) is 4.53. The van der Waals surface area contributed by atoms with Gasteiger partial charge >= 0.3 is 0 Å². The molecule has 59 heavy (non-hydrogen) atoms. The van der Waals surface area contributed by atoms with Gasteiger partial charge in [0.05, 0.1) is 11.2 Å². The van der Waals surface area contributed by atoms with E-state index in [9.17, 15) is 0 Å². The molecule has 0 fully saturated rings. The first-order valence-electron chi connectivity index (χ1n) is 20.3. The van der Waals surface area contributed by atoms with Crippen LogP contribution in [0.1, 0.15) is 33.6 Å². The number of pyridine rings is 2. The van der Waals surface area contributed by atoms with Crippen molar-refractivity contribution in [2.24, 2.45) is 0 Å². The van der Waals surface area contributed by atoms with Gasteiger partial charge in [-0.15, -0.1) is 0 Å². The van der Waals surface area contributed by atoms with Gasteiger partial charge in [0.25, 0.3) is 0 Å². The van der Waals surface area contributed by atoms with E-state index >= 15 is 0 Å². The zero-order valence-corrected chi connectivity index (χ0v) is 32.8. The molecular weight excluding hydrogens is 719 g/mol. The molecule has 0 N–H and O–H groups in total. The second-order valence-corrected chi connectivity index (χ2v) is 15.8. The molecule has 0 spiro atoms. The first kappa shape index (κ1) is 33.7. The van der Waals surface area contributed by atoms with Crippen molar-refractivity contribution in [2.75, 3.05) is 0 Å². The quantitative estimate of drug-likeness (QED) is 0.165. The highest BCUT2D eigenvalue weighted by Gasteiger charge is 2.39. The largest absolute Gasteiger partial charge is 0.313 e. The summed E-state index contributed by atoms with van der Waals surface area (Å²) in [4.78, 5) is 19.5. The summed E-state index contributed by atoms with van der Waals surface area (Å²) < 4.78 is 4.76. The molecule has 0 bridgehead atoms. The van der Waals surface area contributed by atoms with E-state index in [-0.39, 0.29) is 6.71 Å². The molecule has 0 amide bonds. The van der Waals surface area contributed by atoms with Gasteiger partial charge in [-0.3, -0.25) is 9.55 Å². The molecule has 1 aliphatic heterocycles. The van der Waals surface area contributed by atoms with E-state index in [1.807, 2.05) is 36.9 Å². The molecule has 6 nitrogen and oxygen atoms in total. The van der Waals surface area contributed by atoms with Crippen molar-refractivity contribution in [3.63, 3.8) is 0 Å². The lowest BCUT2D eigenvalue weighted by molar-refractivity contribution is 0.993. The Bertz CT molecular complexity index is 3300. The van der Waals surface area contributed by atoms with E-state index in [2.05, 4.69) is 150 Å². The molecule has 2 aliphatic rings. The van der Waals surface area contributed by atoms with Crippen LogP contribution in [0, 0.1) is 13.8 Å². The highest BCUT2D eigenvalue weighted by Crippen LogP contribution is 2.44. The van der Waals surface area contributed by atoms with Gasteiger partial charge in [-0.2, -0.15) is 0 Å². The minimum atomic E-state index is -0.0162. The summed E-state index contributed by atoms with van der Waals surface area (Å²) in [5.41, 5.74) is 22.0. The van der Waals surface area contributed by atoms with Gasteiger partial charge in [0, 0.05) is 81.4 Å². The zero-order chi connectivity index (χ0) is 39.2. The molecule has 1 aliphatic carbocycles. The third-order valence-electron chi connectivity index (χ3n) is 12.7. The Morgan fingerprint density at radius 3 is 2.07 bits per heavy atom. The summed E-state index contributed by atoms with van der Waals surface area (Å²) in [5.74, 6) is 0.745. The minimum Gasteiger partial charge on any atom is -0.313 e. The van der Waals surface area contributed by atoms with Crippen LogP contribution < -0.4 is 16.4 Å². The molecule has 0 radical (unpaired) electrons. The van der Waals surface area contributed by atoms with Gasteiger partial charge in [-0.25, -0.2) is 15.0 Å². The Morgan fingerprint density at radius 1 is 0.542 bits per heavy atom. The second-order valence-electron chi connectivity index (χ2n) is 15.8. The van der Waals surface area contributed by atoms with Crippen LogP contribution in [0.2, 0.25) is 0 Å². The lowest BCUT2D eigenvalue weighted by Gasteiger charge is -2.31. The van der Waals surface area contributed by atoms with Crippen LogP contribution in [0.5, 0.6) is 0 Å². The maximum absolute atomic E-state index is 5.18. The molecule has 278 valence electrons. The van der Waals surface area contributed by atoms with E-state index in [1.54, 1.807) is 0 Å². The second kappa shape index (κ2) is 13.1. The number of nitrogens with zero attached hydrogens (tertiary/aromatic N) is 6. The summed E-state index contributed by atoms with van der Waals surface area (Å²) >= 11 is 0. The van der Waals surface area contributed by atoms with Gasteiger partial charge in [-0.1, -0.05) is 94.7 Å². The average Bonchev–Trinajstić information content (AvgIpc) is 3.92. The molecular formula is C52H37BN6. The van der Waals surface area contributed by atoms with Crippen molar-refractivity contribution in [3.05, 3.63) is 198 Å². The predicted octanol–water partition coefficient (Wildman–Crippen LogP) is 9.10. The first-order chi connectivity index (χ1) is 29.1. The van der Waals surface area contributed by atoms with Crippen molar-refractivity contribution in [3.8, 4) is 45.1 Å². The third-order valence-corrected chi connectivity index (χ3v) is 12.7. The van der Waals surface area contributed by atoms with Crippen LogP contribution in [-0.2, 0) is 12.8 Å². The number of hydrogen-bond donors (Lipinski definition) is 0. The van der Waals surface area contributed by atoms with Crippen molar-refractivity contribution < 1.29 is 0 Å². The normalized spacial score (nSPS) is 12.7. The predicted molar refractivity (Wildman–Crippen MR) is 240 cm³/mol. The van der Waals surface area contributed by atoms with Crippen molar-refractivity contribution in [1.29, 1.82) is 0 Å². The molecule has 0 atom stereocenters. The number of para-hydroxylation sites is 3. The lowest BCUT2D eigenvalue weighted by Crippen LogP contribution is -2.59. The highest BCUT2D eigenvalue weighted by molar-refractivity contribution is 6.97. The molecule has 5 aromatic heterocycles. The molecule has 12 rings (SSSR count). The standard InChI is InChI=1S/C52H37BN6/c1-32-28-35(51-55-25-13-26-56-51)29-34-30-41-38(47-33(2)58(36-14-5-3-6-15-36)45-22-10-9-18-39(45)47)19-11-21-43(41)53(49(32)34)44-23-27-54-50-42(44)31-46-48(50)40-20-12-24-57-52(40)59(46)37-16-7-4-8-17-37/h3-29H,30-31H2,1-2H3. The van der Waals surface area contributed by atoms with Crippen LogP contribution in [0.25, 0.3) is 67.1 Å². The topological polar surface area (TPSA) is 61.4 Å². The average molecular weight is 757 g/mol. The van der Waals surface area contributed by atoms with Crippen molar-refractivity contribution in [2.45, 2.75) is 26.7 Å². The van der Waals surface area contributed by atoms with Crippen molar-refractivity contribution in [1.82, 2.24) is 29.1 Å². The number of fused-ring (bicyclic) bond motifs is 8. The molecule has 0 saturated carbocycles. The highest BCUT2D eigenvalue weighted by atomic mass is 15.1. The van der Waals surface area contributed by atoms with Gasteiger partial charge in [-0.05, 0) is 109 Å². The van der Waals surface area contributed by atoms with Crippen LogP contribution in [-0.4, -0.2) is 35.8 Å². The van der Waals surface area contributed by atoms with Crippen molar-refractivity contribution >= 4 is 45.0 Å². The monoisotopic (exact) mass is 756 g/mol. The van der Waals surface area contributed by atoms with E-state index in [1.165, 1.54) is 77.6 Å². The molecule has 0 saturated heterocycles. The lowest BCUT2D eigenvalue weighted by atomic mass is 9.32. The molecule has 0 unspecified atom stereocenters. The van der Waals surface area contributed by atoms with E-state index in [4.69, 9.17) is 19.9 Å². The van der Waals surface area contributed by atoms with Crippen LogP contribution in [0.3, 0.4) is 0 Å². The first-order valence-corrected chi connectivity index (χ1v) is 20.3. The molecule has 10 aromatic rings. The summed E-state index contributed by atoms with van der Waals surface area (Å²) in [6, 6.07) is 50.3. The Labute approximate surface area is 342 Å². The van der Waals surface area contributed by atoms with E-state index in [0.29, 0.717) is 0 Å². The number of benzene rings is 5. The Kier molecular flexibility index (Phi) is 7.48. The number of rotatable bonds is 5. The van der Waals surface area contributed by atoms with Gasteiger partial charge in [0.1, 0.15) is 5.65 Å². The fourth-order valence-corrected chi connectivity index (χ4v) is 10.4. The summed E-state index contributed by atoms with van der Waals surface area (Å²) in [6.07, 6.45) is 9.15. The fraction of sp³-hybridized carbons (Fsp3) is 0.0769. The number of aromatic nitrogens is 6. The molecule has 6 heterocycles. The summed E-state index contributed by atoms with van der Waals surface area (Å²) in [7, 11) is 0. The van der Waals surface area contributed by atoms with Crippen LogP contribution in [0.15, 0.2) is 164 Å². The number of aryl methyl sites for hydroxylation is 1.